The van der Waals surface area contributed by atoms with Gasteiger partial charge in [-0.15, -0.1) is 0 Å². The standard InChI is InChI=1S/C20H19N7O.CH2O2/c1-13-7-15(5-6-28-13)27-19(10-26-12-22-11-24-26)25-18-9-23-17-4-3-14(21-2)8-16(17)20(18)27;2-1-3/h3-4,8-9,11-13,15H,5-7,10H2,1H3;1H,(H,2,3)/t13-,15-;/m1./s1. The summed E-state index contributed by atoms with van der Waals surface area (Å²) in [5, 5.41) is 12.1. The number of rotatable bonds is 3. The second-order valence-corrected chi connectivity index (χ2v) is 7.26. The van der Waals surface area contributed by atoms with Crippen LogP contribution in [0.15, 0.2) is 37.1 Å². The Balaban J connectivity index is 0.000000730. The minimum Gasteiger partial charge on any atom is -0.483 e. The fraction of sp³-hybridized carbons (Fsp3) is 0.333. The third-order valence-corrected chi connectivity index (χ3v) is 5.29. The molecule has 31 heavy (non-hydrogen) atoms. The van der Waals surface area contributed by atoms with E-state index < -0.39 is 0 Å². The number of imidazole rings is 1. The van der Waals surface area contributed by atoms with Crippen LogP contribution in [0.3, 0.4) is 0 Å². The van der Waals surface area contributed by atoms with Crippen molar-refractivity contribution in [1.82, 2.24) is 29.3 Å². The van der Waals surface area contributed by atoms with Crippen molar-refractivity contribution in [1.29, 1.82) is 0 Å². The minimum atomic E-state index is -0.250. The van der Waals surface area contributed by atoms with E-state index in [0.717, 1.165) is 47.2 Å². The van der Waals surface area contributed by atoms with Crippen LogP contribution in [0.5, 0.6) is 0 Å². The molecule has 4 aromatic rings. The molecule has 0 saturated carbocycles. The number of carbonyl (C=O) groups is 1. The summed E-state index contributed by atoms with van der Waals surface area (Å²) in [7, 11) is 0. The van der Waals surface area contributed by atoms with Crippen LogP contribution in [0, 0.1) is 6.57 Å². The first-order chi connectivity index (χ1) is 15.1. The van der Waals surface area contributed by atoms with E-state index in [-0.39, 0.29) is 18.6 Å². The molecule has 3 aromatic heterocycles. The molecule has 1 aliphatic rings. The second kappa shape index (κ2) is 8.89. The van der Waals surface area contributed by atoms with Crippen LogP contribution in [0.2, 0.25) is 0 Å². The molecule has 10 nitrogen and oxygen atoms in total. The first-order valence-corrected chi connectivity index (χ1v) is 9.83. The maximum Gasteiger partial charge on any atom is 0.290 e. The van der Waals surface area contributed by atoms with Gasteiger partial charge in [-0.05, 0) is 31.9 Å². The number of benzene rings is 1. The molecular formula is C21H21N7O3. The fourth-order valence-corrected chi connectivity index (χ4v) is 4.06. The summed E-state index contributed by atoms with van der Waals surface area (Å²) in [5.41, 5.74) is 3.34. The zero-order valence-corrected chi connectivity index (χ0v) is 16.9. The molecule has 1 saturated heterocycles. The largest absolute Gasteiger partial charge is 0.483 e. The molecule has 0 radical (unpaired) electrons. The van der Waals surface area contributed by atoms with E-state index in [0.29, 0.717) is 12.2 Å². The highest BCUT2D eigenvalue weighted by Gasteiger charge is 2.26. The van der Waals surface area contributed by atoms with Gasteiger partial charge in [-0.2, -0.15) is 5.10 Å². The smallest absolute Gasteiger partial charge is 0.290 e. The first-order valence-electron chi connectivity index (χ1n) is 9.83. The Hall–Kier alpha value is -3.84. The zero-order valence-electron chi connectivity index (χ0n) is 16.9. The van der Waals surface area contributed by atoms with Crippen molar-refractivity contribution in [2.75, 3.05) is 6.61 Å². The van der Waals surface area contributed by atoms with Crippen molar-refractivity contribution in [2.24, 2.45) is 0 Å². The Labute approximate surface area is 177 Å². The van der Waals surface area contributed by atoms with Crippen molar-refractivity contribution in [2.45, 2.75) is 38.5 Å². The van der Waals surface area contributed by atoms with Crippen LogP contribution < -0.4 is 0 Å². The molecule has 1 aliphatic heterocycles. The third-order valence-electron chi connectivity index (χ3n) is 5.29. The van der Waals surface area contributed by atoms with Crippen LogP contribution in [-0.2, 0) is 16.1 Å². The van der Waals surface area contributed by atoms with Gasteiger partial charge < -0.3 is 14.4 Å². The summed E-state index contributed by atoms with van der Waals surface area (Å²) >= 11 is 0. The number of pyridine rings is 1. The molecule has 0 spiro atoms. The van der Waals surface area contributed by atoms with E-state index in [9.17, 15) is 0 Å². The summed E-state index contributed by atoms with van der Waals surface area (Å²) in [6.45, 7) is 10.5. The summed E-state index contributed by atoms with van der Waals surface area (Å²) in [4.78, 5) is 25.5. The van der Waals surface area contributed by atoms with Gasteiger partial charge in [0.25, 0.3) is 6.47 Å². The maximum atomic E-state index is 8.36. The van der Waals surface area contributed by atoms with Crippen LogP contribution in [0.1, 0.15) is 31.6 Å². The van der Waals surface area contributed by atoms with Gasteiger partial charge in [-0.25, -0.2) is 19.5 Å². The van der Waals surface area contributed by atoms with E-state index in [4.69, 9.17) is 26.2 Å². The van der Waals surface area contributed by atoms with Crippen molar-refractivity contribution < 1.29 is 14.6 Å². The molecule has 0 amide bonds. The lowest BCUT2D eigenvalue weighted by molar-refractivity contribution is -0.122. The van der Waals surface area contributed by atoms with Crippen LogP contribution in [-0.4, -0.2) is 53.6 Å². The topological polar surface area (TPSA) is 112 Å². The number of ether oxygens (including phenoxy) is 1. The predicted molar refractivity (Wildman–Crippen MR) is 113 cm³/mol. The maximum absolute atomic E-state index is 8.36. The summed E-state index contributed by atoms with van der Waals surface area (Å²) in [6.07, 6.45) is 7.09. The number of aromatic nitrogens is 6. The van der Waals surface area contributed by atoms with E-state index in [1.54, 1.807) is 11.0 Å². The second-order valence-electron chi connectivity index (χ2n) is 7.26. The van der Waals surface area contributed by atoms with E-state index in [1.807, 2.05) is 24.4 Å². The summed E-state index contributed by atoms with van der Waals surface area (Å²) < 4.78 is 9.87. The van der Waals surface area contributed by atoms with Crippen molar-refractivity contribution in [3.63, 3.8) is 0 Å². The normalized spacial score (nSPS) is 18.3. The van der Waals surface area contributed by atoms with Gasteiger partial charge >= 0.3 is 0 Å². The highest BCUT2D eigenvalue weighted by atomic mass is 16.5. The molecule has 4 heterocycles. The molecule has 158 valence electrons. The fourth-order valence-electron chi connectivity index (χ4n) is 4.06. The zero-order chi connectivity index (χ0) is 21.8. The van der Waals surface area contributed by atoms with Gasteiger partial charge in [-0.1, -0.05) is 6.07 Å². The van der Waals surface area contributed by atoms with Crippen molar-refractivity contribution in [3.05, 3.63) is 54.3 Å². The number of hydrogen-bond donors (Lipinski definition) is 1. The van der Waals surface area contributed by atoms with Gasteiger partial charge in [0, 0.05) is 18.0 Å². The Morgan fingerprint density at radius 2 is 2.23 bits per heavy atom. The first kappa shape index (κ1) is 20.4. The molecule has 2 atom stereocenters. The van der Waals surface area contributed by atoms with E-state index in [2.05, 4.69) is 31.4 Å². The predicted octanol–water partition coefficient (Wildman–Crippen LogP) is 3.22. The molecule has 1 aromatic carbocycles. The molecular weight excluding hydrogens is 398 g/mol. The molecule has 0 unspecified atom stereocenters. The Kier molecular flexibility index (Phi) is 5.86. The quantitative estimate of drug-likeness (QED) is 0.401. The van der Waals surface area contributed by atoms with Crippen LogP contribution >= 0.6 is 0 Å². The molecule has 5 rings (SSSR count). The van der Waals surface area contributed by atoms with Gasteiger partial charge in [-0.3, -0.25) is 9.78 Å². The van der Waals surface area contributed by atoms with Crippen molar-refractivity contribution >= 4 is 34.1 Å². The average Bonchev–Trinajstić information content (AvgIpc) is 3.41. The average molecular weight is 419 g/mol. The minimum absolute atomic E-state index is 0.197. The van der Waals surface area contributed by atoms with Gasteiger partial charge in [0.05, 0.1) is 29.9 Å². The van der Waals surface area contributed by atoms with Gasteiger partial charge in [0.2, 0.25) is 0 Å². The van der Waals surface area contributed by atoms with Gasteiger partial charge in [0.1, 0.15) is 30.5 Å². The highest BCUT2D eigenvalue weighted by molar-refractivity contribution is 6.03. The van der Waals surface area contributed by atoms with Gasteiger partial charge in [0.15, 0.2) is 5.69 Å². The molecule has 0 aliphatic carbocycles. The highest BCUT2D eigenvalue weighted by Crippen LogP contribution is 2.34. The number of fused-ring (bicyclic) bond motifs is 3. The number of carboxylic acid groups (broad SMARTS) is 1. The molecule has 1 N–H and O–H groups in total. The summed E-state index contributed by atoms with van der Waals surface area (Å²) in [5.74, 6) is 0.919. The Morgan fingerprint density at radius 3 is 2.94 bits per heavy atom. The van der Waals surface area contributed by atoms with E-state index >= 15 is 0 Å². The monoisotopic (exact) mass is 419 g/mol. The molecule has 10 heteroatoms. The lowest BCUT2D eigenvalue weighted by Gasteiger charge is -2.30. The SMILES string of the molecule is O=CO.[C-]#[N+]c1ccc2ncc3nc(Cn4cncn4)n([C@@H]4CCO[C@H](C)C4)c3c2c1. The van der Waals surface area contributed by atoms with Crippen LogP contribution in [0.4, 0.5) is 5.69 Å². The Bertz CT molecular complexity index is 1240. The van der Waals surface area contributed by atoms with Crippen LogP contribution in [0.25, 0.3) is 26.8 Å². The number of nitrogens with zero attached hydrogens (tertiary/aromatic N) is 7. The molecule has 1 fully saturated rings. The third kappa shape index (κ3) is 4.08. The van der Waals surface area contributed by atoms with E-state index in [1.165, 1.54) is 6.33 Å². The lowest BCUT2D eigenvalue weighted by Crippen LogP contribution is -2.27. The lowest BCUT2D eigenvalue weighted by atomic mass is 10.0. The summed E-state index contributed by atoms with van der Waals surface area (Å²) in [6, 6.07) is 5.90. The number of hydrogen-bond acceptors (Lipinski definition) is 6. The van der Waals surface area contributed by atoms with Crippen molar-refractivity contribution in [3.8, 4) is 0 Å². The molecule has 0 bridgehead atoms. The Morgan fingerprint density at radius 1 is 1.39 bits per heavy atom.